The van der Waals surface area contributed by atoms with Crippen LogP contribution in [0.25, 0.3) is 0 Å². The number of anilines is 2. The molecule has 1 aromatic rings. The zero-order chi connectivity index (χ0) is 12.8. The molecular weight excluding hydrogens is 236 g/mol. The maximum absolute atomic E-state index is 11.0. The van der Waals surface area contributed by atoms with Gasteiger partial charge >= 0.3 is 5.97 Å². The van der Waals surface area contributed by atoms with Crippen molar-refractivity contribution in [3.63, 3.8) is 0 Å². The van der Waals surface area contributed by atoms with Gasteiger partial charge in [-0.05, 0) is 36.1 Å². The van der Waals surface area contributed by atoms with Gasteiger partial charge < -0.3 is 16.2 Å². The van der Waals surface area contributed by atoms with Crippen LogP contribution >= 0.6 is 11.8 Å². The molecule has 0 spiro atoms. The highest BCUT2D eigenvalue weighted by atomic mass is 32.2. The summed E-state index contributed by atoms with van der Waals surface area (Å²) in [6.07, 6.45) is 2.06. The van der Waals surface area contributed by atoms with Crippen LogP contribution in [0.5, 0.6) is 0 Å². The molecule has 4 nitrogen and oxygen atoms in total. The first-order chi connectivity index (χ1) is 8.04. The number of aromatic carboxylic acids is 1. The lowest BCUT2D eigenvalue weighted by Gasteiger charge is -2.14. The summed E-state index contributed by atoms with van der Waals surface area (Å²) in [4.78, 5) is 11.0. The van der Waals surface area contributed by atoms with Crippen LogP contribution in [0.2, 0.25) is 0 Å². The second-order valence-corrected chi connectivity index (χ2v) is 4.96. The van der Waals surface area contributed by atoms with Gasteiger partial charge in [-0.1, -0.05) is 6.92 Å². The summed E-state index contributed by atoms with van der Waals surface area (Å²) < 4.78 is 0. The van der Waals surface area contributed by atoms with Gasteiger partial charge in [0.2, 0.25) is 0 Å². The maximum atomic E-state index is 11.0. The van der Waals surface area contributed by atoms with Gasteiger partial charge in [0.25, 0.3) is 0 Å². The third-order valence-corrected chi connectivity index (χ3v) is 3.27. The molecule has 5 heteroatoms. The molecule has 0 aliphatic rings. The molecule has 17 heavy (non-hydrogen) atoms. The monoisotopic (exact) mass is 254 g/mol. The molecule has 1 atom stereocenters. The summed E-state index contributed by atoms with van der Waals surface area (Å²) in [5, 5.41) is 12.2. The highest BCUT2D eigenvalue weighted by Gasteiger charge is 2.11. The molecule has 0 heterocycles. The van der Waals surface area contributed by atoms with Crippen molar-refractivity contribution < 1.29 is 9.90 Å². The first-order valence-corrected chi connectivity index (χ1v) is 6.79. The molecular formula is C12H18N2O2S. The Morgan fingerprint density at radius 1 is 1.59 bits per heavy atom. The number of rotatable bonds is 6. The van der Waals surface area contributed by atoms with Crippen LogP contribution in [-0.2, 0) is 0 Å². The van der Waals surface area contributed by atoms with Crippen LogP contribution < -0.4 is 11.1 Å². The molecule has 1 rings (SSSR count). The molecule has 0 aliphatic carbocycles. The quantitative estimate of drug-likeness (QED) is 0.680. The number of thioether (sulfide) groups is 1. The number of carbonyl (C=O) groups is 1. The van der Waals surface area contributed by atoms with E-state index in [-0.39, 0.29) is 5.56 Å². The van der Waals surface area contributed by atoms with E-state index in [9.17, 15) is 4.79 Å². The Morgan fingerprint density at radius 3 is 2.88 bits per heavy atom. The molecule has 94 valence electrons. The highest BCUT2D eigenvalue weighted by molar-refractivity contribution is 7.98. The van der Waals surface area contributed by atoms with E-state index in [1.54, 1.807) is 23.9 Å². The van der Waals surface area contributed by atoms with Crippen molar-refractivity contribution in [3.05, 3.63) is 23.8 Å². The van der Waals surface area contributed by atoms with Gasteiger partial charge in [0, 0.05) is 17.9 Å². The second-order valence-electron chi connectivity index (χ2n) is 4.05. The van der Waals surface area contributed by atoms with Gasteiger partial charge in [-0.25, -0.2) is 4.79 Å². The molecule has 0 saturated heterocycles. The third kappa shape index (κ3) is 4.19. The van der Waals surface area contributed by atoms with E-state index in [2.05, 4.69) is 18.5 Å². The summed E-state index contributed by atoms with van der Waals surface area (Å²) in [6.45, 7) is 2.88. The lowest BCUT2D eigenvalue weighted by atomic mass is 10.1. The summed E-state index contributed by atoms with van der Waals surface area (Å²) in [5.74, 6) is 0.575. The summed E-state index contributed by atoms with van der Waals surface area (Å²) in [7, 11) is 0. The zero-order valence-electron chi connectivity index (χ0n) is 10.1. The third-order valence-electron chi connectivity index (χ3n) is 2.37. The normalized spacial score (nSPS) is 12.1. The van der Waals surface area contributed by atoms with Crippen LogP contribution in [0.15, 0.2) is 18.2 Å². The van der Waals surface area contributed by atoms with E-state index >= 15 is 0 Å². The first kappa shape index (κ1) is 13.7. The van der Waals surface area contributed by atoms with E-state index in [0.29, 0.717) is 17.3 Å². The summed E-state index contributed by atoms with van der Waals surface area (Å²) in [5.41, 5.74) is 6.89. The minimum absolute atomic E-state index is 0.223. The van der Waals surface area contributed by atoms with Crippen LogP contribution in [-0.4, -0.2) is 29.6 Å². The molecule has 1 aromatic carbocycles. The molecule has 0 aromatic heterocycles. The topological polar surface area (TPSA) is 75.3 Å². The molecule has 0 bridgehead atoms. The van der Waals surface area contributed by atoms with Gasteiger partial charge in [-0.2, -0.15) is 11.8 Å². The zero-order valence-corrected chi connectivity index (χ0v) is 10.9. The number of carboxylic acid groups (broad SMARTS) is 1. The number of nitrogens with one attached hydrogen (secondary N) is 1. The number of benzene rings is 1. The minimum atomic E-state index is -0.961. The van der Waals surface area contributed by atoms with Crippen molar-refractivity contribution in [2.24, 2.45) is 5.92 Å². The van der Waals surface area contributed by atoms with Gasteiger partial charge in [0.1, 0.15) is 0 Å². The lowest BCUT2D eigenvalue weighted by molar-refractivity contribution is 0.0698. The molecule has 0 fully saturated rings. The molecule has 0 amide bonds. The van der Waals surface area contributed by atoms with E-state index in [1.165, 1.54) is 6.07 Å². The number of carboxylic acids is 1. The SMILES string of the molecule is CSCC(C)CNc1ccc(N)cc1C(=O)O. The number of nitrogens with two attached hydrogens (primary N) is 1. The Kier molecular flexibility index (Phi) is 5.15. The van der Waals surface area contributed by atoms with Crippen molar-refractivity contribution in [2.75, 3.05) is 29.6 Å². The van der Waals surface area contributed by atoms with E-state index in [1.807, 2.05) is 0 Å². The van der Waals surface area contributed by atoms with Crippen molar-refractivity contribution >= 4 is 29.1 Å². The van der Waals surface area contributed by atoms with Crippen molar-refractivity contribution in [1.29, 1.82) is 0 Å². The van der Waals surface area contributed by atoms with Gasteiger partial charge in [0.15, 0.2) is 0 Å². The predicted octanol–water partition coefficient (Wildman–Crippen LogP) is 2.38. The predicted molar refractivity (Wildman–Crippen MR) is 73.8 cm³/mol. The van der Waals surface area contributed by atoms with Crippen molar-refractivity contribution in [2.45, 2.75) is 6.92 Å². The fourth-order valence-corrected chi connectivity index (χ4v) is 2.21. The number of hydrogen-bond donors (Lipinski definition) is 3. The highest BCUT2D eigenvalue weighted by Crippen LogP contribution is 2.19. The number of nitrogen functional groups attached to an aromatic ring is 1. The largest absolute Gasteiger partial charge is 0.478 e. The number of hydrogen-bond acceptors (Lipinski definition) is 4. The van der Waals surface area contributed by atoms with Crippen LogP contribution in [0.3, 0.4) is 0 Å². The lowest BCUT2D eigenvalue weighted by Crippen LogP contribution is -2.15. The molecule has 0 aliphatic heterocycles. The first-order valence-electron chi connectivity index (χ1n) is 5.40. The maximum Gasteiger partial charge on any atom is 0.337 e. The Morgan fingerprint density at radius 2 is 2.29 bits per heavy atom. The minimum Gasteiger partial charge on any atom is -0.478 e. The van der Waals surface area contributed by atoms with E-state index in [4.69, 9.17) is 10.8 Å². The molecule has 0 saturated carbocycles. The van der Waals surface area contributed by atoms with E-state index < -0.39 is 5.97 Å². The molecule has 1 unspecified atom stereocenters. The van der Waals surface area contributed by atoms with Crippen LogP contribution in [0, 0.1) is 5.92 Å². The Bertz CT molecular complexity index is 396. The van der Waals surface area contributed by atoms with Crippen LogP contribution in [0.4, 0.5) is 11.4 Å². The molecule has 4 N–H and O–H groups in total. The standard InChI is InChI=1S/C12H18N2O2S/c1-8(7-17-2)6-14-11-4-3-9(13)5-10(11)12(15)16/h3-5,8,14H,6-7,13H2,1-2H3,(H,15,16). The fourth-order valence-electron chi connectivity index (χ4n) is 1.52. The smallest absolute Gasteiger partial charge is 0.337 e. The van der Waals surface area contributed by atoms with Crippen LogP contribution in [0.1, 0.15) is 17.3 Å². The summed E-state index contributed by atoms with van der Waals surface area (Å²) in [6, 6.07) is 4.89. The van der Waals surface area contributed by atoms with Crippen molar-refractivity contribution in [3.8, 4) is 0 Å². The van der Waals surface area contributed by atoms with Gasteiger partial charge in [-0.3, -0.25) is 0 Å². The van der Waals surface area contributed by atoms with Gasteiger partial charge in [-0.15, -0.1) is 0 Å². The Balaban J connectivity index is 2.73. The fraction of sp³-hybridized carbons (Fsp3) is 0.417. The van der Waals surface area contributed by atoms with Crippen molar-refractivity contribution in [1.82, 2.24) is 0 Å². The Hall–Kier alpha value is -1.36. The van der Waals surface area contributed by atoms with E-state index in [0.717, 1.165) is 12.3 Å². The Labute approximate surface area is 106 Å². The molecule has 0 radical (unpaired) electrons. The van der Waals surface area contributed by atoms with Gasteiger partial charge in [0.05, 0.1) is 5.56 Å². The average Bonchev–Trinajstić information content (AvgIpc) is 2.27. The second kappa shape index (κ2) is 6.39. The summed E-state index contributed by atoms with van der Waals surface area (Å²) >= 11 is 1.78. The average molecular weight is 254 g/mol.